The Morgan fingerprint density at radius 2 is 2.00 bits per heavy atom. The van der Waals surface area contributed by atoms with E-state index in [0.717, 1.165) is 27.7 Å². The van der Waals surface area contributed by atoms with Crippen molar-refractivity contribution in [2.24, 2.45) is 0 Å². The summed E-state index contributed by atoms with van der Waals surface area (Å²) in [5.41, 5.74) is 1.18. The van der Waals surface area contributed by atoms with Crippen LogP contribution in [0, 0.1) is 11.3 Å². The molecule has 0 spiro atoms. The van der Waals surface area contributed by atoms with Crippen LogP contribution in [0.5, 0.6) is 5.75 Å². The van der Waals surface area contributed by atoms with Crippen LogP contribution in [0.4, 0.5) is 0 Å². The smallest absolute Gasteiger partial charge is 0.147 e. The molecule has 3 nitrogen and oxygen atoms in total. The number of hydrogen-bond acceptors (Lipinski definition) is 3. The first kappa shape index (κ1) is 14.5. The van der Waals surface area contributed by atoms with Crippen molar-refractivity contribution >= 4 is 31.9 Å². The van der Waals surface area contributed by atoms with E-state index in [1.54, 1.807) is 0 Å². The molecule has 0 heterocycles. The zero-order chi connectivity index (χ0) is 12.7. The van der Waals surface area contributed by atoms with Crippen molar-refractivity contribution in [2.75, 3.05) is 13.7 Å². The minimum absolute atomic E-state index is 0.521. The lowest BCUT2D eigenvalue weighted by Crippen LogP contribution is -2.05. The molecule has 0 saturated heterocycles. The third-order valence-corrected chi connectivity index (χ3v) is 3.30. The standard InChI is InChI=1S/C12H14Br2N2O/c1-16-8-9-6-10(13)12(11(14)7-9)17-5-3-2-4-15/h6-7,16H,2-3,5,8H2,1H3. The average molecular weight is 362 g/mol. The summed E-state index contributed by atoms with van der Waals surface area (Å²) in [5, 5.41) is 11.5. The highest BCUT2D eigenvalue weighted by molar-refractivity contribution is 9.11. The Morgan fingerprint density at radius 1 is 1.35 bits per heavy atom. The molecule has 0 aromatic heterocycles. The van der Waals surface area contributed by atoms with E-state index in [2.05, 4.69) is 43.2 Å². The highest BCUT2D eigenvalue weighted by Gasteiger charge is 2.08. The molecule has 0 saturated carbocycles. The van der Waals surface area contributed by atoms with Crippen LogP contribution in [0.3, 0.4) is 0 Å². The summed E-state index contributed by atoms with van der Waals surface area (Å²) in [6.45, 7) is 1.36. The van der Waals surface area contributed by atoms with Crippen LogP contribution in [0.1, 0.15) is 18.4 Å². The maximum atomic E-state index is 8.44. The van der Waals surface area contributed by atoms with Gasteiger partial charge in [0.15, 0.2) is 0 Å². The van der Waals surface area contributed by atoms with Crippen molar-refractivity contribution in [3.05, 3.63) is 26.6 Å². The van der Waals surface area contributed by atoms with Gasteiger partial charge >= 0.3 is 0 Å². The van der Waals surface area contributed by atoms with Gasteiger partial charge in [-0.15, -0.1) is 0 Å². The molecule has 0 bridgehead atoms. The maximum absolute atomic E-state index is 8.44. The monoisotopic (exact) mass is 360 g/mol. The van der Waals surface area contributed by atoms with E-state index in [1.165, 1.54) is 5.56 Å². The van der Waals surface area contributed by atoms with E-state index in [-0.39, 0.29) is 0 Å². The Morgan fingerprint density at radius 3 is 2.53 bits per heavy atom. The van der Waals surface area contributed by atoms with E-state index in [9.17, 15) is 0 Å². The van der Waals surface area contributed by atoms with Crippen LogP contribution in [0.15, 0.2) is 21.1 Å². The first-order valence-electron chi connectivity index (χ1n) is 5.31. The molecule has 0 aliphatic carbocycles. The molecule has 0 amide bonds. The number of unbranched alkanes of at least 4 members (excludes halogenated alkanes) is 1. The Bertz CT molecular complexity index is 392. The van der Waals surface area contributed by atoms with Gasteiger partial charge in [-0.1, -0.05) is 0 Å². The van der Waals surface area contributed by atoms with Gasteiger partial charge in [0.2, 0.25) is 0 Å². The van der Waals surface area contributed by atoms with E-state index >= 15 is 0 Å². The van der Waals surface area contributed by atoms with Crippen LogP contribution >= 0.6 is 31.9 Å². The fourth-order valence-electron chi connectivity index (χ4n) is 1.38. The lowest BCUT2D eigenvalue weighted by atomic mass is 10.2. The number of rotatable bonds is 6. The molecule has 5 heteroatoms. The van der Waals surface area contributed by atoms with Gasteiger partial charge in [0.25, 0.3) is 0 Å². The van der Waals surface area contributed by atoms with Gasteiger partial charge in [-0.05, 0) is 63.0 Å². The summed E-state index contributed by atoms with van der Waals surface area (Å²) in [6.07, 6.45) is 1.26. The number of ether oxygens (including phenoxy) is 1. The highest BCUT2D eigenvalue weighted by atomic mass is 79.9. The summed E-state index contributed by atoms with van der Waals surface area (Å²) >= 11 is 6.98. The molecule has 0 aliphatic heterocycles. The third kappa shape index (κ3) is 4.66. The van der Waals surface area contributed by atoms with E-state index < -0.39 is 0 Å². The van der Waals surface area contributed by atoms with Gasteiger partial charge in [-0.2, -0.15) is 5.26 Å². The SMILES string of the molecule is CNCc1cc(Br)c(OCCCC#N)c(Br)c1. The van der Waals surface area contributed by atoms with E-state index in [4.69, 9.17) is 10.00 Å². The van der Waals surface area contributed by atoms with E-state index in [1.807, 2.05) is 19.2 Å². The molecule has 17 heavy (non-hydrogen) atoms. The van der Waals surface area contributed by atoms with Gasteiger partial charge < -0.3 is 10.1 Å². The molecule has 0 aliphatic rings. The zero-order valence-corrected chi connectivity index (χ0v) is 12.8. The average Bonchev–Trinajstić information content (AvgIpc) is 2.27. The number of halogens is 2. The van der Waals surface area contributed by atoms with Crippen molar-refractivity contribution < 1.29 is 4.74 Å². The first-order valence-corrected chi connectivity index (χ1v) is 6.90. The van der Waals surface area contributed by atoms with Crippen molar-refractivity contribution in [1.82, 2.24) is 5.32 Å². The lowest BCUT2D eigenvalue weighted by molar-refractivity contribution is 0.309. The predicted molar refractivity (Wildman–Crippen MR) is 74.9 cm³/mol. The van der Waals surface area contributed by atoms with Crippen LogP contribution in [0.25, 0.3) is 0 Å². The van der Waals surface area contributed by atoms with Crippen LogP contribution in [0.2, 0.25) is 0 Å². The second kappa shape index (κ2) is 7.70. The number of nitrogens with one attached hydrogen (secondary N) is 1. The topological polar surface area (TPSA) is 45.0 Å². The van der Waals surface area contributed by atoms with Crippen LogP contribution in [-0.2, 0) is 6.54 Å². The van der Waals surface area contributed by atoms with Gasteiger partial charge in [0.1, 0.15) is 5.75 Å². The highest BCUT2D eigenvalue weighted by Crippen LogP contribution is 2.34. The van der Waals surface area contributed by atoms with Gasteiger partial charge in [0.05, 0.1) is 21.6 Å². The van der Waals surface area contributed by atoms with Gasteiger partial charge in [0, 0.05) is 13.0 Å². The molecular formula is C12H14Br2N2O. The predicted octanol–water partition coefficient (Wildman–Crippen LogP) is 3.61. The molecule has 1 aromatic carbocycles. The minimum Gasteiger partial charge on any atom is -0.491 e. The van der Waals surface area contributed by atoms with Crippen molar-refractivity contribution in [1.29, 1.82) is 5.26 Å². The molecule has 0 fully saturated rings. The molecule has 1 rings (SSSR count). The maximum Gasteiger partial charge on any atom is 0.147 e. The second-order valence-corrected chi connectivity index (χ2v) is 5.24. The largest absolute Gasteiger partial charge is 0.491 e. The molecule has 0 unspecified atom stereocenters. The summed E-state index contributed by atoms with van der Waals surface area (Å²) < 4.78 is 7.49. The Balaban J connectivity index is 2.69. The molecule has 0 atom stereocenters. The quantitative estimate of drug-likeness (QED) is 0.787. The summed E-state index contributed by atoms with van der Waals surface area (Å²) in [7, 11) is 1.91. The Kier molecular flexibility index (Phi) is 6.56. The molecule has 1 aromatic rings. The fourth-order valence-corrected chi connectivity index (χ4v) is 2.89. The van der Waals surface area contributed by atoms with Gasteiger partial charge in [-0.3, -0.25) is 0 Å². The molecule has 1 N–H and O–H groups in total. The van der Waals surface area contributed by atoms with Crippen molar-refractivity contribution in [3.63, 3.8) is 0 Å². The Hall–Kier alpha value is -0.570. The van der Waals surface area contributed by atoms with Gasteiger partial charge in [-0.25, -0.2) is 0 Å². The Labute approximate surface area is 118 Å². The molecule has 0 radical (unpaired) electrons. The summed E-state index contributed by atoms with van der Waals surface area (Å²) in [5.74, 6) is 0.794. The van der Waals surface area contributed by atoms with Crippen LogP contribution < -0.4 is 10.1 Å². The fraction of sp³-hybridized carbons (Fsp3) is 0.417. The number of hydrogen-bond donors (Lipinski definition) is 1. The lowest BCUT2D eigenvalue weighted by Gasteiger charge is -2.11. The van der Waals surface area contributed by atoms with Crippen LogP contribution in [-0.4, -0.2) is 13.7 Å². The number of nitriles is 1. The normalized spacial score (nSPS) is 10.0. The second-order valence-electron chi connectivity index (χ2n) is 3.53. The number of nitrogens with zero attached hydrogens (tertiary/aromatic N) is 1. The van der Waals surface area contributed by atoms with Crippen molar-refractivity contribution in [3.8, 4) is 11.8 Å². The van der Waals surface area contributed by atoms with Crippen molar-refractivity contribution in [2.45, 2.75) is 19.4 Å². The molecular weight excluding hydrogens is 348 g/mol. The number of benzene rings is 1. The zero-order valence-electron chi connectivity index (χ0n) is 9.59. The summed E-state index contributed by atoms with van der Waals surface area (Å²) in [4.78, 5) is 0. The summed E-state index contributed by atoms with van der Waals surface area (Å²) in [6, 6.07) is 6.15. The first-order chi connectivity index (χ1) is 8.19. The minimum atomic E-state index is 0.521. The third-order valence-electron chi connectivity index (χ3n) is 2.12. The van der Waals surface area contributed by atoms with E-state index in [0.29, 0.717) is 13.0 Å². The molecule has 92 valence electrons.